The molecule has 6 atom stereocenters. The number of nitrogens with one attached hydrogen (secondary N) is 3. The highest BCUT2D eigenvalue weighted by Crippen LogP contribution is 2.55. The van der Waals surface area contributed by atoms with Crippen molar-refractivity contribution >= 4 is 46.6 Å². The zero-order chi connectivity index (χ0) is 52.6. The van der Waals surface area contributed by atoms with E-state index in [1.807, 2.05) is 88.7 Å². The van der Waals surface area contributed by atoms with Crippen LogP contribution in [0.5, 0.6) is 5.75 Å². The molecule has 1 saturated carbocycles. The minimum atomic E-state index is -0.891. The van der Waals surface area contributed by atoms with Crippen LogP contribution in [0.1, 0.15) is 126 Å². The predicted octanol–water partition coefficient (Wildman–Crippen LogP) is 8.10. The van der Waals surface area contributed by atoms with Crippen molar-refractivity contribution in [3.8, 4) is 22.3 Å². The Labute approximate surface area is 440 Å². The van der Waals surface area contributed by atoms with Gasteiger partial charge in [0.15, 0.2) is 0 Å². The smallest absolute Gasteiger partial charge is 0.251 e. The first-order valence-corrected chi connectivity index (χ1v) is 27.1. The largest absolute Gasteiger partial charge is 0.489 e. The normalized spacial score (nSPS) is 24.2. The fraction of sp³-hybridized carbons (Fsp3) is 0.544. The Morgan fingerprint density at radius 3 is 2.22 bits per heavy atom. The molecule has 2 bridgehead atoms. The van der Waals surface area contributed by atoms with Crippen molar-refractivity contribution in [3.05, 3.63) is 105 Å². The Kier molecular flexibility index (Phi) is 16.1. The number of carbonyl (C=O) groups is 4. The molecule has 4 amide bonds. The number of likely N-dealkylation sites (tertiary alicyclic amines) is 2. The molecular formula is C57H73ClN8O6S. The Bertz CT molecular complexity index is 2670. The van der Waals surface area contributed by atoms with Crippen molar-refractivity contribution in [1.82, 2.24) is 35.6 Å². The number of amides is 4. The highest BCUT2D eigenvalue weighted by Gasteiger charge is 2.64. The molecule has 0 radical (unpaired) electrons. The average molecular weight is 1030 g/mol. The number of halogens is 1. The minimum absolute atomic E-state index is 0.0188. The molecule has 4 fully saturated rings. The molecule has 14 nitrogen and oxygen atoms in total. The molecule has 2 unspecified atom stereocenters. The van der Waals surface area contributed by atoms with Gasteiger partial charge in [-0.2, -0.15) is 5.26 Å². The van der Waals surface area contributed by atoms with Crippen LogP contribution in [0.25, 0.3) is 10.4 Å². The van der Waals surface area contributed by atoms with Crippen molar-refractivity contribution < 1.29 is 29.0 Å². The maximum Gasteiger partial charge on any atom is 0.251 e. The van der Waals surface area contributed by atoms with Crippen LogP contribution in [-0.2, 0) is 20.8 Å². The molecule has 4 heterocycles. The maximum absolute atomic E-state index is 14.4. The van der Waals surface area contributed by atoms with E-state index in [-0.39, 0.29) is 84.2 Å². The van der Waals surface area contributed by atoms with Crippen LogP contribution in [0.2, 0.25) is 5.02 Å². The number of aromatic nitrogens is 1. The Morgan fingerprint density at radius 2 is 1.62 bits per heavy atom. The van der Waals surface area contributed by atoms with Crippen LogP contribution in [0.15, 0.2) is 72.2 Å². The van der Waals surface area contributed by atoms with Gasteiger partial charge in [0.2, 0.25) is 17.7 Å². The fourth-order valence-corrected chi connectivity index (χ4v) is 13.2. The number of hydrogen-bond acceptors (Lipinski definition) is 11. The molecule has 16 heteroatoms. The summed E-state index contributed by atoms with van der Waals surface area (Å²) in [6.45, 7) is 21.0. The highest BCUT2D eigenvalue weighted by atomic mass is 35.5. The Hall–Kier alpha value is -5.37. The lowest BCUT2D eigenvalue weighted by Crippen LogP contribution is -2.74. The second-order valence-corrected chi connectivity index (χ2v) is 24.4. The van der Waals surface area contributed by atoms with E-state index in [9.17, 15) is 29.5 Å². The molecule has 1 aromatic heterocycles. The number of hydrogen-bond donors (Lipinski definition) is 4. The second-order valence-electron chi connectivity index (χ2n) is 23.2. The number of piperazine rings is 1. The first-order chi connectivity index (χ1) is 34.5. The highest BCUT2D eigenvalue weighted by molar-refractivity contribution is 7.13. The molecule has 0 spiro atoms. The van der Waals surface area contributed by atoms with Crippen LogP contribution in [0.3, 0.4) is 0 Å². The number of fused-ring (bicyclic) bond motifs is 2. The Morgan fingerprint density at radius 1 is 0.945 bits per heavy atom. The fourth-order valence-electron chi connectivity index (χ4n) is 12.2. The number of unbranched alkanes of at least 4 members (excludes halogenated alkanes) is 1. The summed E-state index contributed by atoms with van der Waals surface area (Å²) in [4.78, 5) is 67.4. The summed E-state index contributed by atoms with van der Waals surface area (Å²) < 4.78 is 6.40. The second kappa shape index (κ2) is 21.8. The third-order valence-electron chi connectivity index (χ3n) is 15.9. The van der Waals surface area contributed by atoms with Crippen molar-refractivity contribution in [2.45, 2.75) is 149 Å². The third-order valence-corrected chi connectivity index (χ3v) is 17.2. The van der Waals surface area contributed by atoms with E-state index < -0.39 is 23.6 Å². The molecule has 3 aromatic carbocycles. The van der Waals surface area contributed by atoms with E-state index in [1.54, 1.807) is 29.5 Å². The van der Waals surface area contributed by atoms with Gasteiger partial charge in [-0.15, -0.1) is 11.3 Å². The number of aliphatic hydroxyl groups excluding tert-OH is 1. The van der Waals surface area contributed by atoms with Crippen LogP contribution < -0.4 is 20.7 Å². The Balaban J connectivity index is 0.773. The van der Waals surface area contributed by atoms with Crippen molar-refractivity contribution in [2.24, 2.45) is 16.2 Å². The quantitative estimate of drug-likeness (QED) is 0.0756. The van der Waals surface area contributed by atoms with Crippen molar-refractivity contribution in [1.29, 1.82) is 5.26 Å². The molecule has 3 saturated heterocycles. The number of β-amino-alcohol motifs (C(OH)–C–C–N with tert-alkyl or cyclic N) is 1. The summed E-state index contributed by atoms with van der Waals surface area (Å²) in [5, 5.41) is 29.8. The summed E-state index contributed by atoms with van der Waals surface area (Å²) in [6, 6.07) is 21.4. The molecule has 3 aliphatic heterocycles. The number of benzene rings is 3. The standard InChI is InChI=1S/C57H73ClN8O6S/c1-34(37-17-19-38(20-18-37)48-35(2)60-33-73-48)61-51(70)46-26-43(67)31-66(46)52(71)49(55(3,4)5)62-47(68)32-65-41-22-23-42(65)30-64(29-41)25-11-10-12-36-13-15-39(16-14-36)50(69)63-53-56(6,7)54(57(53,8)9)72-44-24-21-40(28-59)45(58)27-44/h13-21,24,27,33-34,41-43,46,49,53-54,67H,10-12,22-23,25-26,29-32H2,1-9H3,(H,61,70)(H,62,68)(H,63,69)/t34-,41?,42?,43-,46+,49+,53?,54?/m0/s1. The number of carbonyl (C=O) groups excluding carboxylic acids is 4. The maximum atomic E-state index is 14.4. The summed E-state index contributed by atoms with van der Waals surface area (Å²) >= 11 is 7.86. The third kappa shape index (κ3) is 11.8. The lowest BCUT2D eigenvalue weighted by molar-refractivity contribution is -0.164. The van der Waals surface area contributed by atoms with Crippen LogP contribution in [0, 0.1) is 34.5 Å². The zero-order valence-corrected chi connectivity index (χ0v) is 45.4. The number of thiazole rings is 1. The van der Waals surface area contributed by atoms with Gasteiger partial charge in [-0.05, 0) is 98.9 Å². The van der Waals surface area contributed by atoms with E-state index >= 15 is 0 Å². The van der Waals surface area contributed by atoms with Gasteiger partial charge < -0.3 is 35.6 Å². The molecule has 8 rings (SSSR count). The summed E-state index contributed by atoms with van der Waals surface area (Å²) in [5.41, 5.74) is 5.61. The topological polar surface area (TPSA) is 180 Å². The predicted molar refractivity (Wildman–Crippen MR) is 285 cm³/mol. The van der Waals surface area contributed by atoms with Crippen molar-refractivity contribution in [2.75, 3.05) is 32.7 Å². The monoisotopic (exact) mass is 1030 g/mol. The minimum Gasteiger partial charge on any atom is -0.489 e. The molecule has 4 aromatic rings. The number of nitrogens with zero attached hydrogens (tertiary/aromatic N) is 5. The van der Waals surface area contributed by atoms with Gasteiger partial charge in [0.25, 0.3) is 5.91 Å². The number of aryl methyl sites for hydroxylation is 2. The van der Waals surface area contributed by atoms with Crippen LogP contribution in [0.4, 0.5) is 0 Å². The molecule has 4 aliphatic rings. The molecule has 1 aliphatic carbocycles. The van der Waals surface area contributed by atoms with Crippen molar-refractivity contribution in [3.63, 3.8) is 0 Å². The van der Waals surface area contributed by atoms with Gasteiger partial charge in [0.1, 0.15) is 30.0 Å². The number of aliphatic hydroxyl groups is 1. The van der Waals surface area contributed by atoms with Gasteiger partial charge in [-0.1, -0.05) is 96.5 Å². The van der Waals surface area contributed by atoms with Crippen LogP contribution in [-0.4, -0.2) is 124 Å². The average Bonchev–Trinajstić information content (AvgIpc) is 4.02. The van der Waals surface area contributed by atoms with E-state index in [0.29, 0.717) is 21.9 Å². The van der Waals surface area contributed by atoms with Gasteiger partial charge in [0, 0.05) is 66.6 Å². The molecule has 73 heavy (non-hydrogen) atoms. The van der Waals surface area contributed by atoms with E-state index in [0.717, 1.165) is 73.4 Å². The van der Waals surface area contributed by atoms with Gasteiger partial charge in [0.05, 0.1) is 45.4 Å². The van der Waals surface area contributed by atoms with Gasteiger partial charge in [-0.25, -0.2) is 4.98 Å². The number of nitriles is 1. The summed E-state index contributed by atoms with van der Waals surface area (Å²) in [6.07, 6.45) is 4.08. The lowest BCUT2D eigenvalue weighted by Gasteiger charge is -2.63. The van der Waals surface area contributed by atoms with E-state index in [4.69, 9.17) is 16.3 Å². The van der Waals surface area contributed by atoms with Gasteiger partial charge >= 0.3 is 0 Å². The van der Waals surface area contributed by atoms with Gasteiger partial charge in [-0.3, -0.25) is 24.1 Å². The first kappa shape index (κ1) is 53.9. The SMILES string of the molecule is Cc1ncsc1-c1ccc([C@H](C)NC(=O)[C@H]2C[C@H](O)CN2C(=O)[C@@H](NC(=O)CN2C3CCC2CN(CCCCc2ccc(C(=O)NC4C(C)(C)C(Oc5ccc(C#N)c(Cl)c5)C4(C)C)cc2)C3)C(C)(C)C)cc1. The summed E-state index contributed by atoms with van der Waals surface area (Å²) in [7, 11) is 0. The molecule has 390 valence electrons. The van der Waals surface area contributed by atoms with E-state index in [2.05, 4.69) is 64.5 Å². The first-order valence-electron chi connectivity index (χ1n) is 25.9. The van der Waals surface area contributed by atoms with E-state index in [1.165, 1.54) is 10.5 Å². The molecule has 4 N–H and O–H groups in total. The number of ether oxygens (including phenoxy) is 1. The number of rotatable bonds is 17. The summed E-state index contributed by atoms with van der Waals surface area (Å²) in [5.74, 6) is -0.433. The molecular weight excluding hydrogens is 960 g/mol. The lowest BCUT2D eigenvalue weighted by atomic mass is 9.49. The van der Waals surface area contributed by atoms with Crippen LogP contribution >= 0.6 is 22.9 Å². The zero-order valence-electron chi connectivity index (χ0n) is 43.8.